The second kappa shape index (κ2) is 5.84. The minimum absolute atomic E-state index is 0.121. The Kier molecular flexibility index (Phi) is 3.91. The smallest absolute Gasteiger partial charge is 0.251 e. The molecule has 1 N–H and O–H groups in total. The third kappa shape index (κ3) is 2.65. The summed E-state index contributed by atoms with van der Waals surface area (Å²) in [6.07, 6.45) is 8.81. The van der Waals surface area contributed by atoms with Crippen molar-refractivity contribution in [1.29, 1.82) is 0 Å². The van der Waals surface area contributed by atoms with Crippen LogP contribution < -0.4 is 5.56 Å². The highest BCUT2D eigenvalue weighted by atomic mass is 16.1. The number of rotatable bonds is 3. The third-order valence-electron chi connectivity index (χ3n) is 4.63. The molecule has 1 aliphatic carbocycles. The van der Waals surface area contributed by atoms with Gasteiger partial charge in [0.1, 0.15) is 0 Å². The standard InChI is InChI=1S/C18H22N2O/c1-3-4-16-15-6-5-14(13-7-9-19-10-8-13)11-17(15)12(2)20-18(16)21/h7-10,14H,3-6,11H2,1-2H3,(H,20,21). The molecule has 2 aromatic rings. The number of pyridine rings is 2. The Morgan fingerprint density at radius 3 is 2.76 bits per heavy atom. The van der Waals surface area contributed by atoms with E-state index in [1.807, 2.05) is 19.3 Å². The maximum absolute atomic E-state index is 12.2. The van der Waals surface area contributed by atoms with Gasteiger partial charge in [0.05, 0.1) is 0 Å². The Morgan fingerprint density at radius 1 is 1.29 bits per heavy atom. The van der Waals surface area contributed by atoms with Gasteiger partial charge in [-0.3, -0.25) is 9.78 Å². The van der Waals surface area contributed by atoms with Crippen LogP contribution in [0.5, 0.6) is 0 Å². The lowest BCUT2D eigenvalue weighted by Crippen LogP contribution is -2.24. The fraction of sp³-hybridized carbons (Fsp3) is 0.444. The van der Waals surface area contributed by atoms with Crippen molar-refractivity contribution in [2.24, 2.45) is 0 Å². The molecule has 21 heavy (non-hydrogen) atoms. The second-order valence-corrected chi connectivity index (χ2v) is 5.99. The number of hydrogen-bond acceptors (Lipinski definition) is 2. The first kappa shape index (κ1) is 14.1. The summed E-state index contributed by atoms with van der Waals surface area (Å²) in [4.78, 5) is 19.4. The number of aryl methyl sites for hydroxylation is 1. The van der Waals surface area contributed by atoms with Gasteiger partial charge in [0, 0.05) is 23.7 Å². The fourth-order valence-electron chi connectivity index (χ4n) is 3.55. The minimum Gasteiger partial charge on any atom is -0.326 e. The van der Waals surface area contributed by atoms with Gasteiger partial charge in [0.15, 0.2) is 0 Å². The van der Waals surface area contributed by atoms with Gasteiger partial charge in [-0.05, 0) is 67.3 Å². The van der Waals surface area contributed by atoms with Crippen LogP contribution in [0.1, 0.15) is 53.6 Å². The summed E-state index contributed by atoms with van der Waals surface area (Å²) in [5.74, 6) is 0.541. The Bertz CT molecular complexity index is 688. The lowest BCUT2D eigenvalue weighted by molar-refractivity contribution is 0.573. The van der Waals surface area contributed by atoms with Crippen LogP contribution in [0.4, 0.5) is 0 Å². The van der Waals surface area contributed by atoms with Crippen LogP contribution >= 0.6 is 0 Å². The molecule has 3 rings (SSSR count). The van der Waals surface area contributed by atoms with Gasteiger partial charge in [-0.2, -0.15) is 0 Å². The molecule has 0 aromatic carbocycles. The van der Waals surface area contributed by atoms with E-state index in [0.717, 1.165) is 43.4 Å². The van der Waals surface area contributed by atoms with Crippen molar-refractivity contribution in [1.82, 2.24) is 9.97 Å². The molecule has 3 nitrogen and oxygen atoms in total. The van der Waals surface area contributed by atoms with Gasteiger partial charge in [0.25, 0.3) is 5.56 Å². The van der Waals surface area contributed by atoms with Crippen LogP contribution in [-0.2, 0) is 19.3 Å². The Labute approximate surface area is 125 Å². The molecule has 1 unspecified atom stereocenters. The van der Waals surface area contributed by atoms with Gasteiger partial charge >= 0.3 is 0 Å². The first-order valence-corrected chi connectivity index (χ1v) is 7.84. The van der Waals surface area contributed by atoms with Crippen LogP contribution in [0, 0.1) is 6.92 Å². The molecule has 0 amide bonds. The zero-order chi connectivity index (χ0) is 14.8. The summed E-state index contributed by atoms with van der Waals surface area (Å²) in [6, 6.07) is 4.23. The molecule has 0 aliphatic heterocycles. The molecule has 0 saturated carbocycles. The minimum atomic E-state index is 0.121. The maximum atomic E-state index is 12.2. The number of aromatic nitrogens is 2. The Balaban J connectivity index is 2.00. The average molecular weight is 282 g/mol. The summed E-state index contributed by atoms with van der Waals surface area (Å²) < 4.78 is 0. The van der Waals surface area contributed by atoms with Crippen molar-refractivity contribution in [2.45, 2.75) is 51.9 Å². The van der Waals surface area contributed by atoms with Gasteiger partial charge in [-0.1, -0.05) is 13.3 Å². The van der Waals surface area contributed by atoms with Crippen LogP contribution in [0.3, 0.4) is 0 Å². The Morgan fingerprint density at radius 2 is 2.05 bits per heavy atom. The monoisotopic (exact) mass is 282 g/mol. The van der Waals surface area contributed by atoms with E-state index in [9.17, 15) is 4.79 Å². The molecule has 0 spiro atoms. The molecule has 1 aliphatic rings. The van der Waals surface area contributed by atoms with Crippen molar-refractivity contribution in [3.8, 4) is 0 Å². The first-order valence-electron chi connectivity index (χ1n) is 7.84. The predicted molar refractivity (Wildman–Crippen MR) is 84.8 cm³/mol. The highest BCUT2D eigenvalue weighted by Gasteiger charge is 2.24. The summed E-state index contributed by atoms with van der Waals surface area (Å²) >= 11 is 0. The van der Waals surface area contributed by atoms with Crippen LogP contribution in [0.25, 0.3) is 0 Å². The van der Waals surface area contributed by atoms with Crippen LogP contribution in [0.15, 0.2) is 29.3 Å². The maximum Gasteiger partial charge on any atom is 0.251 e. The van der Waals surface area contributed by atoms with Gasteiger partial charge in [-0.15, -0.1) is 0 Å². The SMILES string of the molecule is CCCc1c2c(c(C)[nH]c1=O)CC(c1ccncc1)CC2. The van der Waals surface area contributed by atoms with Gasteiger partial charge in [0.2, 0.25) is 0 Å². The van der Waals surface area contributed by atoms with E-state index in [1.54, 1.807) is 0 Å². The van der Waals surface area contributed by atoms with Crippen molar-refractivity contribution in [2.75, 3.05) is 0 Å². The van der Waals surface area contributed by atoms with E-state index in [2.05, 4.69) is 29.0 Å². The normalized spacial score (nSPS) is 17.5. The fourth-order valence-corrected chi connectivity index (χ4v) is 3.55. The number of hydrogen-bond donors (Lipinski definition) is 1. The molecular formula is C18H22N2O. The lowest BCUT2D eigenvalue weighted by Gasteiger charge is -2.27. The highest BCUT2D eigenvalue weighted by Crippen LogP contribution is 2.34. The molecule has 2 aromatic heterocycles. The summed E-state index contributed by atoms with van der Waals surface area (Å²) in [5.41, 5.74) is 6.24. The van der Waals surface area contributed by atoms with Crippen molar-refractivity contribution in [3.05, 3.63) is 62.8 Å². The van der Waals surface area contributed by atoms with E-state index in [4.69, 9.17) is 0 Å². The predicted octanol–water partition coefficient (Wildman–Crippen LogP) is 3.30. The van der Waals surface area contributed by atoms with Crippen LogP contribution in [-0.4, -0.2) is 9.97 Å². The van der Waals surface area contributed by atoms with Crippen molar-refractivity contribution in [3.63, 3.8) is 0 Å². The second-order valence-electron chi connectivity index (χ2n) is 5.99. The number of H-pyrrole nitrogens is 1. The summed E-state index contributed by atoms with van der Waals surface area (Å²) in [5, 5.41) is 0. The third-order valence-corrected chi connectivity index (χ3v) is 4.63. The van der Waals surface area contributed by atoms with Crippen LogP contribution in [0.2, 0.25) is 0 Å². The summed E-state index contributed by atoms with van der Waals surface area (Å²) in [6.45, 7) is 4.17. The van der Waals surface area contributed by atoms with Crippen molar-refractivity contribution < 1.29 is 0 Å². The number of nitrogens with one attached hydrogen (secondary N) is 1. The zero-order valence-corrected chi connectivity index (χ0v) is 12.8. The average Bonchev–Trinajstić information content (AvgIpc) is 2.52. The molecule has 0 radical (unpaired) electrons. The molecule has 2 heterocycles. The van der Waals surface area contributed by atoms with Gasteiger partial charge < -0.3 is 4.98 Å². The van der Waals surface area contributed by atoms with E-state index >= 15 is 0 Å². The molecule has 0 saturated heterocycles. The van der Waals surface area contributed by atoms with E-state index in [-0.39, 0.29) is 5.56 Å². The number of nitrogens with zero attached hydrogens (tertiary/aromatic N) is 1. The quantitative estimate of drug-likeness (QED) is 0.938. The largest absolute Gasteiger partial charge is 0.326 e. The Hall–Kier alpha value is -1.90. The first-order chi connectivity index (χ1) is 10.2. The topological polar surface area (TPSA) is 45.8 Å². The highest BCUT2D eigenvalue weighted by molar-refractivity contribution is 5.40. The van der Waals surface area contributed by atoms with E-state index in [1.165, 1.54) is 16.7 Å². The molecule has 3 heteroatoms. The summed E-state index contributed by atoms with van der Waals surface area (Å²) in [7, 11) is 0. The molecule has 0 fully saturated rings. The number of aromatic amines is 1. The lowest BCUT2D eigenvalue weighted by atomic mass is 9.78. The van der Waals surface area contributed by atoms with Crippen molar-refractivity contribution >= 4 is 0 Å². The molecule has 1 atom stereocenters. The van der Waals surface area contributed by atoms with Gasteiger partial charge in [-0.25, -0.2) is 0 Å². The van der Waals surface area contributed by atoms with E-state index < -0.39 is 0 Å². The molecule has 0 bridgehead atoms. The zero-order valence-electron chi connectivity index (χ0n) is 12.8. The molecule has 110 valence electrons. The number of fused-ring (bicyclic) bond motifs is 1. The van der Waals surface area contributed by atoms with E-state index in [0.29, 0.717) is 5.92 Å². The molecular weight excluding hydrogens is 260 g/mol.